The van der Waals surface area contributed by atoms with Crippen molar-refractivity contribution in [2.45, 2.75) is 46.6 Å². The number of nitrogens with one attached hydrogen (secondary N) is 1. The van der Waals surface area contributed by atoms with Crippen molar-refractivity contribution in [3.05, 3.63) is 53.6 Å². The Hall–Kier alpha value is -2.82. The molecule has 1 N–H and O–H groups in total. The molecule has 0 unspecified atom stereocenters. The molecule has 1 atom stereocenters. The summed E-state index contributed by atoms with van der Waals surface area (Å²) in [6.07, 6.45) is 1.17. The summed E-state index contributed by atoms with van der Waals surface area (Å²) in [6, 6.07) is 13.5. The second-order valence-electron chi connectivity index (χ2n) is 7.52. The molecule has 1 saturated heterocycles. The largest absolute Gasteiger partial charge is 0.491 e. The van der Waals surface area contributed by atoms with Crippen molar-refractivity contribution in [3.63, 3.8) is 0 Å². The number of ether oxygens (including phenoxy) is 1. The van der Waals surface area contributed by atoms with Gasteiger partial charge in [0.2, 0.25) is 11.8 Å². The topological polar surface area (TPSA) is 58.6 Å². The average molecular weight is 380 g/mol. The predicted octanol–water partition coefficient (Wildman–Crippen LogP) is 4.34. The third kappa shape index (κ3) is 4.35. The highest BCUT2D eigenvalue weighted by atomic mass is 16.5. The molecule has 0 aliphatic carbocycles. The highest BCUT2D eigenvalue weighted by Gasteiger charge is 2.35. The van der Waals surface area contributed by atoms with Crippen LogP contribution >= 0.6 is 0 Å². The van der Waals surface area contributed by atoms with Gasteiger partial charge in [0.1, 0.15) is 5.75 Å². The monoisotopic (exact) mass is 380 g/mol. The van der Waals surface area contributed by atoms with Crippen LogP contribution in [-0.2, 0) is 16.0 Å². The van der Waals surface area contributed by atoms with Gasteiger partial charge in [0.25, 0.3) is 0 Å². The first-order valence-electron chi connectivity index (χ1n) is 9.85. The Kier molecular flexibility index (Phi) is 6.02. The van der Waals surface area contributed by atoms with E-state index >= 15 is 0 Å². The van der Waals surface area contributed by atoms with E-state index in [1.54, 1.807) is 4.90 Å². The quantitative estimate of drug-likeness (QED) is 0.811. The third-order valence-corrected chi connectivity index (χ3v) is 5.00. The Balaban J connectivity index is 1.70. The third-order valence-electron chi connectivity index (χ3n) is 5.00. The second-order valence-corrected chi connectivity index (χ2v) is 7.52. The minimum absolute atomic E-state index is 0.0295. The molecule has 0 radical (unpaired) electrons. The minimum Gasteiger partial charge on any atom is -0.491 e. The number of rotatable bonds is 6. The number of carbonyl (C=O) groups is 2. The summed E-state index contributed by atoms with van der Waals surface area (Å²) in [5, 5.41) is 3.06. The summed E-state index contributed by atoms with van der Waals surface area (Å²) in [5.41, 5.74) is 3.81. The van der Waals surface area contributed by atoms with E-state index in [9.17, 15) is 9.59 Å². The summed E-state index contributed by atoms with van der Waals surface area (Å²) >= 11 is 0. The number of carbonyl (C=O) groups excluding carboxylic acids is 2. The Morgan fingerprint density at radius 1 is 1.21 bits per heavy atom. The summed E-state index contributed by atoms with van der Waals surface area (Å²) < 4.78 is 5.65. The predicted molar refractivity (Wildman–Crippen MR) is 112 cm³/mol. The van der Waals surface area contributed by atoms with Crippen molar-refractivity contribution in [1.82, 2.24) is 0 Å². The van der Waals surface area contributed by atoms with E-state index in [0.29, 0.717) is 6.54 Å². The fraction of sp³-hybridized carbons (Fsp3) is 0.391. The molecule has 0 bridgehead atoms. The van der Waals surface area contributed by atoms with Gasteiger partial charge in [0.05, 0.1) is 12.0 Å². The van der Waals surface area contributed by atoms with E-state index < -0.39 is 0 Å². The number of hydrogen-bond donors (Lipinski definition) is 1. The number of nitrogens with zero attached hydrogens (tertiary/aromatic N) is 1. The van der Waals surface area contributed by atoms with Crippen molar-refractivity contribution in [1.29, 1.82) is 0 Å². The van der Waals surface area contributed by atoms with Crippen molar-refractivity contribution in [3.8, 4) is 5.75 Å². The van der Waals surface area contributed by atoms with Crippen LogP contribution < -0.4 is 15.0 Å². The molecule has 2 amide bonds. The first-order chi connectivity index (χ1) is 13.4. The van der Waals surface area contributed by atoms with Crippen LogP contribution in [0.2, 0.25) is 0 Å². The molecule has 148 valence electrons. The molecule has 0 spiro atoms. The van der Waals surface area contributed by atoms with Crippen molar-refractivity contribution < 1.29 is 14.3 Å². The maximum atomic E-state index is 12.8. The zero-order valence-corrected chi connectivity index (χ0v) is 17.0. The van der Waals surface area contributed by atoms with E-state index in [4.69, 9.17) is 4.74 Å². The normalized spacial score (nSPS) is 16.5. The van der Waals surface area contributed by atoms with Crippen LogP contribution in [0, 0.1) is 12.8 Å². The standard InChI is InChI=1S/C23H28N2O3/c1-5-17-8-6-7-16(4)22(17)24-23(27)18-13-21(26)25(14-18)19-9-11-20(12-10-19)28-15(2)3/h6-12,15,18H,5,13-14H2,1-4H3,(H,24,27)/t18-/m1/s1. The molecule has 5 nitrogen and oxygen atoms in total. The number of amides is 2. The lowest BCUT2D eigenvalue weighted by Crippen LogP contribution is -2.28. The number of benzene rings is 2. The SMILES string of the molecule is CCc1cccc(C)c1NC(=O)[C@@H]1CC(=O)N(c2ccc(OC(C)C)cc2)C1. The molecule has 1 fully saturated rings. The molecule has 28 heavy (non-hydrogen) atoms. The molecule has 1 heterocycles. The molecule has 2 aromatic rings. The summed E-state index contributed by atoms with van der Waals surface area (Å²) in [6.45, 7) is 8.39. The van der Waals surface area contributed by atoms with Crippen LogP contribution in [0.5, 0.6) is 5.75 Å². The fourth-order valence-electron chi connectivity index (χ4n) is 3.54. The number of para-hydroxylation sites is 1. The molecule has 3 rings (SSSR count). The van der Waals surface area contributed by atoms with Gasteiger partial charge in [-0.15, -0.1) is 0 Å². The molecular formula is C23H28N2O3. The van der Waals surface area contributed by atoms with E-state index in [1.165, 1.54) is 0 Å². The highest BCUT2D eigenvalue weighted by molar-refractivity contribution is 6.04. The second kappa shape index (κ2) is 8.46. The number of hydrogen-bond acceptors (Lipinski definition) is 3. The highest BCUT2D eigenvalue weighted by Crippen LogP contribution is 2.29. The number of aryl methyl sites for hydroxylation is 2. The van der Waals surface area contributed by atoms with Gasteiger partial charge in [-0.3, -0.25) is 9.59 Å². The Labute approximate surface area is 166 Å². The lowest BCUT2D eigenvalue weighted by molar-refractivity contribution is -0.122. The van der Waals surface area contributed by atoms with Gasteiger partial charge in [0, 0.05) is 24.3 Å². The van der Waals surface area contributed by atoms with E-state index in [-0.39, 0.29) is 30.3 Å². The van der Waals surface area contributed by atoms with Crippen LogP contribution in [0.15, 0.2) is 42.5 Å². The van der Waals surface area contributed by atoms with Gasteiger partial charge in [-0.25, -0.2) is 0 Å². The summed E-state index contributed by atoms with van der Waals surface area (Å²) in [5.74, 6) is 0.285. The molecular weight excluding hydrogens is 352 g/mol. The Morgan fingerprint density at radius 3 is 2.57 bits per heavy atom. The lowest BCUT2D eigenvalue weighted by atomic mass is 10.0. The Morgan fingerprint density at radius 2 is 1.93 bits per heavy atom. The van der Waals surface area contributed by atoms with E-state index in [1.807, 2.05) is 63.2 Å². The zero-order chi connectivity index (χ0) is 20.3. The maximum Gasteiger partial charge on any atom is 0.229 e. The van der Waals surface area contributed by atoms with Gasteiger partial charge >= 0.3 is 0 Å². The molecule has 0 aromatic heterocycles. The molecule has 0 saturated carbocycles. The molecule has 1 aliphatic heterocycles. The van der Waals surface area contributed by atoms with Gasteiger partial charge in [0.15, 0.2) is 0 Å². The maximum absolute atomic E-state index is 12.8. The van der Waals surface area contributed by atoms with Crippen LogP contribution in [-0.4, -0.2) is 24.5 Å². The number of anilines is 2. The lowest BCUT2D eigenvalue weighted by Gasteiger charge is -2.18. The van der Waals surface area contributed by atoms with Crippen molar-refractivity contribution in [2.24, 2.45) is 5.92 Å². The van der Waals surface area contributed by atoms with Crippen molar-refractivity contribution in [2.75, 3.05) is 16.8 Å². The molecule has 1 aliphatic rings. The van der Waals surface area contributed by atoms with E-state index in [2.05, 4.69) is 12.2 Å². The van der Waals surface area contributed by atoms with Crippen LogP contribution in [0.1, 0.15) is 38.3 Å². The van der Waals surface area contributed by atoms with Gasteiger partial charge < -0.3 is 15.0 Å². The van der Waals surface area contributed by atoms with Crippen molar-refractivity contribution >= 4 is 23.2 Å². The van der Waals surface area contributed by atoms with Gasteiger partial charge in [-0.2, -0.15) is 0 Å². The van der Waals surface area contributed by atoms with Crippen LogP contribution in [0.4, 0.5) is 11.4 Å². The Bertz CT molecular complexity index is 859. The fourth-order valence-corrected chi connectivity index (χ4v) is 3.54. The van der Waals surface area contributed by atoms with Gasteiger partial charge in [-0.05, 0) is 62.6 Å². The summed E-state index contributed by atoms with van der Waals surface area (Å²) in [7, 11) is 0. The van der Waals surface area contributed by atoms with Crippen LogP contribution in [0.3, 0.4) is 0 Å². The average Bonchev–Trinajstić information content (AvgIpc) is 3.05. The smallest absolute Gasteiger partial charge is 0.229 e. The van der Waals surface area contributed by atoms with Gasteiger partial charge in [-0.1, -0.05) is 25.1 Å². The first-order valence-corrected chi connectivity index (χ1v) is 9.85. The summed E-state index contributed by atoms with van der Waals surface area (Å²) in [4.78, 5) is 27.0. The minimum atomic E-state index is -0.358. The molecule has 5 heteroatoms. The zero-order valence-electron chi connectivity index (χ0n) is 17.0. The van der Waals surface area contributed by atoms with Crippen LogP contribution in [0.25, 0.3) is 0 Å². The first kappa shape index (κ1) is 19.9. The van der Waals surface area contributed by atoms with E-state index in [0.717, 1.165) is 34.7 Å². The molecule has 2 aromatic carbocycles.